The van der Waals surface area contributed by atoms with Gasteiger partial charge in [-0.3, -0.25) is 9.78 Å². The van der Waals surface area contributed by atoms with Crippen LogP contribution in [0.4, 0.5) is 14.5 Å². The zero-order chi connectivity index (χ0) is 20.6. The van der Waals surface area contributed by atoms with Gasteiger partial charge in [-0.1, -0.05) is 11.6 Å². The molecule has 0 saturated carbocycles. The monoisotopic (exact) mass is 420 g/mol. The van der Waals surface area contributed by atoms with Gasteiger partial charge < -0.3 is 9.80 Å². The first-order valence-electron chi connectivity index (χ1n) is 9.35. The molecule has 2 aromatic heterocycles. The number of alkyl halides is 2. The Morgan fingerprint density at radius 1 is 1.28 bits per heavy atom. The highest BCUT2D eigenvalue weighted by Gasteiger charge is 2.48. The number of carbonyl (C=O) groups excluding carboxylic acids is 1. The predicted molar refractivity (Wildman–Crippen MR) is 102 cm³/mol. The quantitative estimate of drug-likeness (QED) is 0.763. The first kappa shape index (κ1) is 19.6. The number of aromatic nitrogens is 3. The van der Waals surface area contributed by atoms with Crippen molar-refractivity contribution >= 4 is 23.2 Å². The molecular formula is C19H19ClF2N6O. The second kappa shape index (κ2) is 7.59. The van der Waals surface area contributed by atoms with Gasteiger partial charge in [-0.25, -0.2) is 13.5 Å². The first-order valence-corrected chi connectivity index (χ1v) is 9.73. The van der Waals surface area contributed by atoms with E-state index in [0.29, 0.717) is 31.0 Å². The van der Waals surface area contributed by atoms with Crippen LogP contribution in [0.3, 0.4) is 0 Å². The van der Waals surface area contributed by atoms with E-state index < -0.39 is 24.9 Å². The summed E-state index contributed by atoms with van der Waals surface area (Å²) in [6, 6.07) is 2.62. The Labute approximate surface area is 171 Å². The molecule has 1 amide bonds. The molecule has 10 heteroatoms. The summed E-state index contributed by atoms with van der Waals surface area (Å²) in [5.74, 6) is -3.71. The lowest BCUT2D eigenvalue weighted by Crippen LogP contribution is -2.44. The van der Waals surface area contributed by atoms with Crippen LogP contribution < -0.4 is 4.90 Å². The summed E-state index contributed by atoms with van der Waals surface area (Å²) in [7, 11) is 0. The number of hydrogen-bond donors (Lipinski definition) is 0. The number of pyridine rings is 1. The number of carbonyl (C=O) groups is 1. The van der Waals surface area contributed by atoms with Gasteiger partial charge >= 0.3 is 0 Å². The lowest BCUT2D eigenvalue weighted by atomic mass is 9.94. The number of piperidine rings is 1. The van der Waals surface area contributed by atoms with Crippen molar-refractivity contribution in [3.8, 4) is 11.8 Å². The Hall–Kier alpha value is -2.73. The molecule has 2 aliphatic heterocycles. The van der Waals surface area contributed by atoms with Crippen LogP contribution >= 0.6 is 11.6 Å². The highest BCUT2D eigenvalue weighted by atomic mass is 35.5. The van der Waals surface area contributed by atoms with Gasteiger partial charge in [-0.2, -0.15) is 10.4 Å². The van der Waals surface area contributed by atoms with Crippen LogP contribution in [0.2, 0.25) is 5.02 Å². The maximum absolute atomic E-state index is 13.7. The second-order valence-corrected chi connectivity index (χ2v) is 7.84. The van der Waals surface area contributed by atoms with E-state index in [1.165, 1.54) is 0 Å². The molecule has 0 spiro atoms. The van der Waals surface area contributed by atoms with Crippen LogP contribution in [0.1, 0.15) is 19.3 Å². The number of halogens is 3. The lowest BCUT2D eigenvalue weighted by molar-refractivity contribution is -0.137. The highest BCUT2D eigenvalue weighted by molar-refractivity contribution is 6.30. The Morgan fingerprint density at radius 2 is 2.03 bits per heavy atom. The molecule has 29 heavy (non-hydrogen) atoms. The van der Waals surface area contributed by atoms with Crippen molar-refractivity contribution < 1.29 is 13.6 Å². The topological polar surface area (TPSA) is 78.0 Å². The predicted octanol–water partition coefficient (Wildman–Crippen LogP) is 2.90. The van der Waals surface area contributed by atoms with Crippen LogP contribution in [0.5, 0.6) is 0 Å². The zero-order valence-corrected chi connectivity index (χ0v) is 16.3. The molecular weight excluding hydrogens is 402 g/mol. The fraction of sp³-hybridized carbons (Fsp3) is 0.474. The van der Waals surface area contributed by atoms with Crippen LogP contribution in [-0.2, 0) is 4.79 Å². The maximum Gasteiger partial charge on any atom is 0.268 e. The standard InChI is InChI=1S/C19H19ClF2N6O/c20-14-9-25-28(11-14)16-1-4-24-10-17(16)26-5-2-13(3-6-26)18(29)27-12-19(21,22)7-15(27)8-23/h1,4,9-11,13,15H,2-3,5-7,12H2. The maximum atomic E-state index is 13.7. The van der Waals surface area contributed by atoms with Gasteiger partial charge in [0.05, 0.1) is 41.4 Å². The number of likely N-dealkylation sites (tertiary alicyclic amines) is 1. The first-order chi connectivity index (χ1) is 13.9. The minimum absolute atomic E-state index is 0.348. The molecule has 4 rings (SSSR count). The minimum Gasteiger partial charge on any atom is -0.368 e. The normalized spacial score (nSPS) is 21.9. The second-order valence-electron chi connectivity index (χ2n) is 7.40. The largest absolute Gasteiger partial charge is 0.368 e. The summed E-state index contributed by atoms with van der Waals surface area (Å²) < 4.78 is 29.0. The van der Waals surface area contributed by atoms with Gasteiger partial charge in [0.2, 0.25) is 5.91 Å². The Morgan fingerprint density at radius 3 is 2.69 bits per heavy atom. The van der Waals surface area contributed by atoms with Crippen LogP contribution in [0.25, 0.3) is 5.69 Å². The summed E-state index contributed by atoms with van der Waals surface area (Å²) in [5, 5.41) is 13.9. The van der Waals surface area contributed by atoms with E-state index in [1.807, 2.05) is 12.1 Å². The van der Waals surface area contributed by atoms with E-state index in [1.54, 1.807) is 29.5 Å². The van der Waals surface area contributed by atoms with Gasteiger partial charge in [0.25, 0.3) is 5.92 Å². The number of anilines is 1. The minimum atomic E-state index is -2.99. The summed E-state index contributed by atoms with van der Waals surface area (Å²) in [5.41, 5.74) is 1.68. The molecule has 2 fully saturated rings. The third-order valence-corrected chi connectivity index (χ3v) is 5.66. The third kappa shape index (κ3) is 3.90. The molecule has 152 valence electrons. The molecule has 0 aromatic carbocycles. The fourth-order valence-electron chi connectivity index (χ4n) is 4.01. The Bertz CT molecular complexity index is 950. The van der Waals surface area contributed by atoms with Crippen LogP contribution in [0, 0.1) is 17.2 Å². The van der Waals surface area contributed by atoms with Crippen molar-refractivity contribution in [2.45, 2.75) is 31.2 Å². The molecule has 2 aliphatic rings. The van der Waals surface area contributed by atoms with Crippen molar-refractivity contribution in [3.05, 3.63) is 35.9 Å². The van der Waals surface area contributed by atoms with Gasteiger partial charge in [0.1, 0.15) is 6.04 Å². The van der Waals surface area contributed by atoms with Gasteiger partial charge in [-0.05, 0) is 18.9 Å². The SMILES string of the molecule is N#CC1CC(F)(F)CN1C(=O)C1CCN(c2cnccc2-n2cc(Cl)cn2)CC1. The number of hydrogen-bond acceptors (Lipinski definition) is 5. The van der Waals surface area contributed by atoms with Gasteiger partial charge in [-0.15, -0.1) is 0 Å². The van der Waals surface area contributed by atoms with E-state index in [9.17, 15) is 13.6 Å². The van der Waals surface area contributed by atoms with Crippen LogP contribution in [-0.4, -0.2) is 57.2 Å². The van der Waals surface area contributed by atoms with E-state index in [0.717, 1.165) is 16.3 Å². The molecule has 0 radical (unpaired) electrons. The van der Waals surface area contributed by atoms with Crippen molar-refractivity contribution in [2.24, 2.45) is 5.92 Å². The van der Waals surface area contributed by atoms with Crippen molar-refractivity contribution in [2.75, 3.05) is 24.5 Å². The molecule has 0 bridgehead atoms. The average Bonchev–Trinajstić information content (AvgIpc) is 3.29. The smallest absolute Gasteiger partial charge is 0.268 e. The molecule has 0 aliphatic carbocycles. The molecule has 1 unspecified atom stereocenters. The zero-order valence-electron chi connectivity index (χ0n) is 15.5. The molecule has 1 atom stereocenters. The fourth-order valence-corrected chi connectivity index (χ4v) is 4.15. The Kier molecular flexibility index (Phi) is 5.13. The van der Waals surface area contributed by atoms with E-state index in [2.05, 4.69) is 15.0 Å². The molecule has 7 nitrogen and oxygen atoms in total. The molecule has 2 saturated heterocycles. The van der Waals surface area contributed by atoms with Crippen LogP contribution in [0.15, 0.2) is 30.9 Å². The summed E-state index contributed by atoms with van der Waals surface area (Å²) in [6.45, 7) is 0.480. The van der Waals surface area contributed by atoms with E-state index >= 15 is 0 Å². The highest BCUT2D eigenvalue weighted by Crippen LogP contribution is 2.35. The summed E-state index contributed by atoms with van der Waals surface area (Å²) in [4.78, 5) is 20.1. The average molecular weight is 421 g/mol. The number of rotatable bonds is 3. The van der Waals surface area contributed by atoms with Crippen molar-refractivity contribution in [1.82, 2.24) is 19.7 Å². The lowest BCUT2D eigenvalue weighted by Gasteiger charge is -2.35. The summed E-state index contributed by atoms with van der Waals surface area (Å²) in [6.07, 6.45) is 7.11. The van der Waals surface area contributed by atoms with E-state index in [-0.39, 0.29) is 11.8 Å². The number of nitrogens with zero attached hydrogens (tertiary/aromatic N) is 6. The van der Waals surface area contributed by atoms with Crippen molar-refractivity contribution in [3.63, 3.8) is 0 Å². The van der Waals surface area contributed by atoms with E-state index in [4.69, 9.17) is 16.9 Å². The Balaban J connectivity index is 1.46. The van der Waals surface area contributed by atoms with Gasteiger partial charge in [0, 0.05) is 37.8 Å². The third-order valence-electron chi connectivity index (χ3n) is 5.46. The van der Waals surface area contributed by atoms with Crippen molar-refractivity contribution in [1.29, 1.82) is 5.26 Å². The van der Waals surface area contributed by atoms with Gasteiger partial charge in [0.15, 0.2) is 0 Å². The molecule has 4 heterocycles. The number of amides is 1. The molecule has 0 N–H and O–H groups in total. The summed E-state index contributed by atoms with van der Waals surface area (Å²) >= 11 is 5.98. The molecule has 2 aromatic rings. The number of nitriles is 1.